The molecule has 7 heteroatoms. The first-order valence-corrected chi connectivity index (χ1v) is 10.3. The van der Waals surface area contributed by atoms with Gasteiger partial charge < -0.3 is 15.0 Å². The number of halogens is 1. The second-order valence-electron chi connectivity index (χ2n) is 6.88. The maximum atomic E-state index is 13.1. The predicted molar refractivity (Wildman–Crippen MR) is 113 cm³/mol. The van der Waals surface area contributed by atoms with Gasteiger partial charge in [-0.25, -0.2) is 9.97 Å². The van der Waals surface area contributed by atoms with E-state index in [0.29, 0.717) is 24.8 Å². The highest BCUT2D eigenvalue weighted by Crippen LogP contribution is 2.38. The van der Waals surface area contributed by atoms with Gasteiger partial charge in [0.15, 0.2) is 0 Å². The summed E-state index contributed by atoms with van der Waals surface area (Å²) in [6.45, 7) is 3.55. The predicted octanol–water partition coefficient (Wildman–Crippen LogP) is 4.00. The number of fused-ring (bicyclic) bond motifs is 1. The van der Waals surface area contributed by atoms with Crippen LogP contribution in [0.2, 0.25) is 0 Å². The molecule has 0 bridgehead atoms. The van der Waals surface area contributed by atoms with E-state index in [2.05, 4.69) is 17.2 Å². The Bertz CT molecular complexity index is 797. The van der Waals surface area contributed by atoms with E-state index in [1.807, 2.05) is 24.3 Å². The molecule has 0 spiro atoms. The van der Waals surface area contributed by atoms with Gasteiger partial charge in [0, 0.05) is 19.0 Å². The van der Waals surface area contributed by atoms with Crippen LogP contribution < -0.4 is 15.0 Å². The summed E-state index contributed by atoms with van der Waals surface area (Å²) in [6.07, 6.45) is 5.24. The van der Waals surface area contributed by atoms with E-state index >= 15 is 0 Å². The largest absolute Gasteiger partial charge is 0.497 e. The number of hydrogen-bond acceptors (Lipinski definition) is 5. The van der Waals surface area contributed by atoms with E-state index in [1.54, 1.807) is 18.2 Å². The van der Waals surface area contributed by atoms with Crippen molar-refractivity contribution in [1.82, 2.24) is 9.97 Å². The van der Waals surface area contributed by atoms with Crippen LogP contribution in [0.15, 0.2) is 30.5 Å². The fourth-order valence-corrected chi connectivity index (χ4v) is 3.49. The molecular formula is C21H27ClN4O2. The van der Waals surface area contributed by atoms with Gasteiger partial charge in [0.25, 0.3) is 0 Å². The van der Waals surface area contributed by atoms with Gasteiger partial charge in [-0.15, -0.1) is 11.6 Å². The number of hydrogen-bond donors (Lipinski definition) is 1. The number of carbonyl (C=O) groups is 1. The van der Waals surface area contributed by atoms with Crippen molar-refractivity contribution >= 4 is 29.1 Å². The van der Waals surface area contributed by atoms with Crippen molar-refractivity contribution in [3.8, 4) is 5.75 Å². The van der Waals surface area contributed by atoms with Gasteiger partial charge in [0.05, 0.1) is 30.6 Å². The molecule has 0 aliphatic carbocycles. The van der Waals surface area contributed by atoms with Crippen LogP contribution in [0.3, 0.4) is 0 Å². The van der Waals surface area contributed by atoms with E-state index in [0.717, 1.165) is 48.5 Å². The van der Waals surface area contributed by atoms with Crippen LogP contribution in [0.5, 0.6) is 5.75 Å². The van der Waals surface area contributed by atoms with E-state index in [-0.39, 0.29) is 11.8 Å². The second-order valence-corrected chi connectivity index (χ2v) is 7.26. The summed E-state index contributed by atoms with van der Waals surface area (Å²) in [7, 11) is 1.64. The quantitative estimate of drug-likeness (QED) is 0.480. The number of rotatable bonds is 10. The second kappa shape index (κ2) is 9.73. The summed E-state index contributed by atoms with van der Waals surface area (Å²) in [5.74, 6) is 1.65. The average Bonchev–Trinajstić information content (AvgIpc) is 2.98. The highest BCUT2D eigenvalue weighted by atomic mass is 35.5. The molecule has 0 radical (unpaired) electrons. The average molecular weight is 403 g/mol. The zero-order valence-corrected chi connectivity index (χ0v) is 17.2. The van der Waals surface area contributed by atoms with Crippen LogP contribution >= 0.6 is 11.6 Å². The van der Waals surface area contributed by atoms with Crippen molar-refractivity contribution in [3.63, 3.8) is 0 Å². The van der Waals surface area contributed by atoms with E-state index in [9.17, 15) is 4.79 Å². The summed E-state index contributed by atoms with van der Waals surface area (Å²) < 4.78 is 5.22. The Hall–Kier alpha value is -2.34. The molecule has 0 saturated heterocycles. The van der Waals surface area contributed by atoms with Crippen molar-refractivity contribution in [1.29, 1.82) is 0 Å². The van der Waals surface area contributed by atoms with Crippen LogP contribution in [0.25, 0.3) is 0 Å². The first-order valence-electron chi connectivity index (χ1n) is 9.79. The fourth-order valence-electron chi connectivity index (χ4n) is 3.37. The number of ether oxygens (including phenoxy) is 1. The lowest BCUT2D eigenvalue weighted by molar-refractivity contribution is -0.119. The summed E-state index contributed by atoms with van der Waals surface area (Å²) in [6, 6.07) is 7.82. The summed E-state index contributed by atoms with van der Waals surface area (Å²) in [5, 5.41) is 3.26. The molecule has 2 heterocycles. The van der Waals surface area contributed by atoms with Crippen molar-refractivity contribution in [2.75, 3.05) is 36.3 Å². The lowest BCUT2D eigenvalue weighted by Crippen LogP contribution is -2.30. The molecule has 6 nitrogen and oxygen atoms in total. The SMILES string of the molecule is CCCCNc1ncc2c(n1)C(Cc1ccc(OC)cc1)C(=O)N2CCCCl. The topological polar surface area (TPSA) is 67.4 Å². The van der Waals surface area contributed by atoms with Gasteiger partial charge in [-0.05, 0) is 37.0 Å². The van der Waals surface area contributed by atoms with Crippen molar-refractivity contribution in [2.24, 2.45) is 0 Å². The molecule has 1 amide bonds. The summed E-state index contributed by atoms with van der Waals surface area (Å²) in [5.41, 5.74) is 2.67. The molecule has 1 aromatic carbocycles. The smallest absolute Gasteiger partial charge is 0.236 e. The number of unbranched alkanes of at least 4 members (excludes halogenated alkanes) is 1. The van der Waals surface area contributed by atoms with Crippen LogP contribution in [-0.4, -0.2) is 42.0 Å². The van der Waals surface area contributed by atoms with E-state index < -0.39 is 0 Å². The number of benzene rings is 1. The van der Waals surface area contributed by atoms with Gasteiger partial charge in [-0.2, -0.15) is 0 Å². The first-order chi connectivity index (χ1) is 13.7. The molecule has 1 aliphatic heterocycles. The van der Waals surface area contributed by atoms with Crippen LogP contribution in [0, 0.1) is 0 Å². The minimum absolute atomic E-state index is 0.0657. The zero-order valence-electron chi connectivity index (χ0n) is 16.4. The Balaban J connectivity index is 1.86. The maximum Gasteiger partial charge on any atom is 0.236 e. The number of nitrogens with zero attached hydrogens (tertiary/aromatic N) is 3. The molecular weight excluding hydrogens is 376 g/mol. The third-order valence-electron chi connectivity index (χ3n) is 4.91. The molecule has 0 fully saturated rings. The molecule has 0 saturated carbocycles. The van der Waals surface area contributed by atoms with Gasteiger partial charge in [-0.3, -0.25) is 4.79 Å². The third-order valence-corrected chi connectivity index (χ3v) is 5.18. The minimum Gasteiger partial charge on any atom is -0.497 e. The van der Waals surface area contributed by atoms with Crippen molar-refractivity contribution < 1.29 is 9.53 Å². The van der Waals surface area contributed by atoms with Crippen molar-refractivity contribution in [2.45, 2.75) is 38.5 Å². The van der Waals surface area contributed by atoms with Gasteiger partial charge >= 0.3 is 0 Å². The lowest BCUT2D eigenvalue weighted by atomic mass is 9.97. The van der Waals surface area contributed by atoms with Crippen LogP contribution in [0.4, 0.5) is 11.6 Å². The Morgan fingerprint density at radius 3 is 2.71 bits per heavy atom. The monoisotopic (exact) mass is 402 g/mol. The van der Waals surface area contributed by atoms with Crippen molar-refractivity contribution in [3.05, 3.63) is 41.7 Å². The molecule has 1 aromatic heterocycles. The molecule has 1 N–H and O–H groups in total. The summed E-state index contributed by atoms with van der Waals surface area (Å²) in [4.78, 5) is 24.0. The number of methoxy groups -OCH3 is 1. The highest BCUT2D eigenvalue weighted by Gasteiger charge is 2.39. The van der Waals surface area contributed by atoms with E-state index in [4.69, 9.17) is 21.3 Å². The Kier molecular flexibility index (Phi) is 7.09. The molecule has 28 heavy (non-hydrogen) atoms. The molecule has 150 valence electrons. The number of anilines is 2. The van der Waals surface area contributed by atoms with Crippen LogP contribution in [-0.2, 0) is 11.2 Å². The van der Waals surface area contributed by atoms with E-state index in [1.165, 1.54) is 0 Å². The minimum atomic E-state index is -0.312. The molecule has 1 aliphatic rings. The van der Waals surface area contributed by atoms with Gasteiger partial charge in [0.2, 0.25) is 11.9 Å². The van der Waals surface area contributed by atoms with Crippen LogP contribution in [0.1, 0.15) is 43.4 Å². The number of alkyl halides is 1. The molecule has 1 atom stereocenters. The standard InChI is InChI=1S/C21H27ClN4O2/c1-3-4-11-23-21-24-14-18-19(25-21)17(20(27)26(18)12-5-10-22)13-15-6-8-16(28-2)9-7-15/h6-9,14,17H,3-5,10-13H2,1-2H3,(H,23,24,25). The van der Waals surface area contributed by atoms with Gasteiger partial charge in [-0.1, -0.05) is 25.5 Å². The fraction of sp³-hybridized carbons (Fsp3) is 0.476. The normalized spacial score (nSPS) is 15.6. The number of nitrogens with one attached hydrogen (secondary N) is 1. The molecule has 1 unspecified atom stereocenters. The summed E-state index contributed by atoms with van der Waals surface area (Å²) >= 11 is 5.85. The third kappa shape index (κ3) is 4.55. The Labute approximate surface area is 171 Å². The Morgan fingerprint density at radius 2 is 2.04 bits per heavy atom. The zero-order chi connectivity index (χ0) is 19.9. The number of amides is 1. The maximum absolute atomic E-state index is 13.1. The molecule has 3 rings (SSSR count). The van der Waals surface area contributed by atoms with Gasteiger partial charge in [0.1, 0.15) is 5.75 Å². The number of aromatic nitrogens is 2. The highest BCUT2D eigenvalue weighted by molar-refractivity contribution is 6.17. The number of carbonyl (C=O) groups excluding carboxylic acids is 1. The first kappa shape index (κ1) is 20.4. The Morgan fingerprint density at radius 1 is 1.25 bits per heavy atom. The lowest BCUT2D eigenvalue weighted by Gasteiger charge is -2.16. The molecule has 2 aromatic rings.